The molecule has 2 fully saturated rings. The van der Waals surface area contributed by atoms with Crippen LogP contribution < -0.4 is 10.2 Å². The van der Waals surface area contributed by atoms with Gasteiger partial charge in [-0.05, 0) is 31.9 Å². The van der Waals surface area contributed by atoms with Crippen LogP contribution in [-0.4, -0.2) is 30.2 Å². The molecule has 0 spiro atoms. The highest BCUT2D eigenvalue weighted by Crippen LogP contribution is 2.31. The third-order valence-corrected chi connectivity index (χ3v) is 4.43. The highest BCUT2D eigenvalue weighted by molar-refractivity contribution is 6.41. The first-order valence-corrected chi connectivity index (χ1v) is 6.82. The summed E-state index contributed by atoms with van der Waals surface area (Å²) in [5.41, 5.74) is 1.10. The number of anilines is 1. The predicted molar refractivity (Wildman–Crippen MR) is 71.0 cm³/mol. The van der Waals surface area contributed by atoms with E-state index in [2.05, 4.69) is 15.2 Å². The smallest absolute Gasteiger partial charge is 0.147 e. The normalized spacial score (nSPS) is 28.2. The van der Waals surface area contributed by atoms with Crippen LogP contribution in [0.15, 0.2) is 12.3 Å². The van der Waals surface area contributed by atoms with Crippen molar-refractivity contribution in [3.05, 3.63) is 22.4 Å². The molecule has 1 aromatic rings. The summed E-state index contributed by atoms with van der Waals surface area (Å²) in [7, 11) is 0. The molecule has 2 saturated heterocycles. The van der Waals surface area contributed by atoms with Crippen LogP contribution in [0.5, 0.6) is 0 Å². The topological polar surface area (TPSA) is 28.2 Å². The van der Waals surface area contributed by atoms with Gasteiger partial charge in [0.15, 0.2) is 0 Å². The van der Waals surface area contributed by atoms with Crippen molar-refractivity contribution in [2.75, 3.05) is 18.0 Å². The van der Waals surface area contributed by atoms with Gasteiger partial charge in [0.2, 0.25) is 0 Å². The lowest BCUT2D eigenvalue weighted by atomic mass is 9.97. The summed E-state index contributed by atoms with van der Waals surface area (Å²) in [6, 6.07) is 3.14. The number of hydrogen-bond donors (Lipinski definition) is 1. The molecule has 1 aromatic heterocycles. The molecular weight excluding hydrogens is 257 g/mol. The number of aromatic nitrogens is 1. The monoisotopic (exact) mass is 271 g/mol. The van der Waals surface area contributed by atoms with Crippen molar-refractivity contribution in [2.45, 2.75) is 31.3 Å². The van der Waals surface area contributed by atoms with E-state index < -0.39 is 0 Å². The summed E-state index contributed by atoms with van der Waals surface area (Å²) in [5.74, 6) is 0. The first-order valence-electron chi connectivity index (χ1n) is 6.07. The summed E-state index contributed by atoms with van der Waals surface area (Å²) in [4.78, 5) is 6.56. The average molecular weight is 272 g/mol. The summed E-state index contributed by atoms with van der Waals surface area (Å²) >= 11 is 11.9. The number of fused-ring (bicyclic) bond motifs is 1. The summed E-state index contributed by atoms with van der Waals surface area (Å²) in [5, 5.41) is 4.49. The summed E-state index contributed by atoms with van der Waals surface area (Å²) < 4.78 is 0. The van der Waals surface area contributed by atoms with Gasteiger partial charge >= 0.3 is 0 Å². The van der Waals surface area contributed by atoms with Crippen LogP contribution in [0.1, 0.15) is 19.3 Å². The molecule has 0 bridgehead atoms. The fraction of sp³-hybridized carbons (Fsp3) is 0.583. The lowest BCUT2D eigenvalue weighted by Crippen LogP contribution is -2.48. The SMILES string of the molecule is Clc1cc(N2CCC[C@H]3NCC[C@H]32)cnc1Cl. The molecular formula is C12H15Cl2N3. The van der Waals surface area contributed by atoms with E-state index in [1.165, 1.54) is 19.3 Å². The number of hydrogen-bond acceptors (Lipinski definition) is 3. The van der Waals surface area contributed by atoms with E-state index in [1.54, 1.807) is 0 Å². The Hall–Kier alpha value is -0.510. The van der Waals surface area contributed by atoms with Crippen molar-refractivity contribution < 1.29 is 0 Å². The maximum absolute atomic E-state index is 6.04. The highest BCUT2D eigenvalue weighted by Gasteiger charge is 2.35. The van der Waals surface area contributed by atoms with E-state index in [0.29, 0.717) is 22.3 Å². The van der Waals surface area contributed by atoms with Crippen molar-refractivity contribution in [1.82, 2.24) is 10.3 Å². The molecule has 1 N–H and O–H groups in total. The summed E-state index contributed by atoms with van der Waals surface area (Å²) in [6.45, 7) is 2.20. The third-order valence-electron chi connectivity index (χ3n) is 3.74. The van der Waals surface area contributed by atoms with Crippen LogP contribution >= 0.6 is 23.2 Å². The summed E-state index contributed by atoms with van der Waals surface area (Å²) in [6.07, 6.45) is 5.52. The predicted octanol–water partition coefficient (Wildman–Crippen LogP) is 2.72. The number of nitrogens with zero attached hydrogens (tertiary/aromatic N) is 2. The standard InChI is InChI=1S/C12H15Cl2N3/c13-9-6-8(7-16-12(9)14)17-5-1-2-10-11(17)3-4-15-10/h6-7,10-11,15H,1-5H2/t10-,11-/m1/s1. The van der Waals surface area contributed by atoms with Crippen LogP contribution in [0.3, 0.4) is 0 Å². The fourth-order valence-electron chi connectivity index (χ4n) is 2.96. The Labute approximate surface area is 111 Å². The fourth-order valence-corrected chi connectivity index (χ4v) is 3.22. The molecule has 3 heterocycles. The molecule has 2 aliphatic rings. The first kappa shape index (κ1) is 11.6. The van der Waals surface area contributed by atoms with Gasteiger partial charge in [-0.25, -0.2) is 4.98 Å². The number of nitrogens with one attached hydrogen (secondary N) is 1. The van der Waals surface area contributed by atoms with Crippen LogP contribution in [0.4, 0.5) is 5.69 Å². The van der Waals surface area contributed by atoms with Crippen molar-refractivity contribution in [3.63, 3.8) is 0 Å². The lowest BCUT2D eigenvalue weighted by Gasteiger charge is -2.39. The first-order chi connectivity index (χ1) is 8.25. The maximum atomic E-state index is 6.04. The molecule has 17 heavy (non-hydrogen) atoms. The van der Waals surface area contributed by atoms with Crippen LogP contribution in [0, 0.1) is 0 Å². The molecule has 0 amide bonds. The second-order valence-corrected chi connectivity index (χ2v) is 5.48. The Bertz CT molecular complexity index is 424. The molecule has 5 heteroatoms. The van der Waals surface area contributed by atoms with Crippen LogP contribution in [0.25, 0.3) is 0 Å². The lowest BCUT2D eigenvalue weighted by molar-refractivity contribution is 0.412. The Morgan fingerprint density at radius 2 is 2.24 bits per heavy atom. The third kappa shape index (κ3) is 2.12. The molecule has 0 aliphatic carbocycles. The van der Waals surface area contributed by atoms with Crippen molar-refractivity contribution >= 4 is 28.9 Å². The minimum Gasteiger partial charge on any atom is -0.366 e. The number of halogens is 2. The average Bonchev–Trinajstić information content (AvgIpc) is 2.80. The van der Waals surface area contributed by atoms with Gasteiger partial charge in [-0.3, -0.25) is 0 Å². The van der Waals surface area contributed by atoms with E-state index in [1.807, 2.05) is 12.3 Å². The van der Waals surface area contributed by atoms with E-state index in [4.69, 9.17) is 23.2 Å². The molecule has 0 aromatic carbocycles. The molecule has 92 valence electrons. The van der Waals surface area contributed by atoms with Gasteiger partial charge in [0, 0.05) is 18.6 Å². The van der Waals surface area contributed by atoms with E-state index >= 15 is 0 Å². The zero-order chi connectivity index (χ0) is 11.8. The minimum absolute atomic E-state index is 0.383. The Morgan fingerprint density at radius 3 is 3.06 bits per heavy atom. The second kappa shape index (κ2) is 4.63. The highest BCUT2D eigenvalue weighted by atomic mass is 35.5. The van der Waals surface area contributed by atoms with Gasteiger partial charge in [0.1, 0.15) is 5.15 Å². The molecule has 3 rings (SSSR count). The maximum Gasteiger partial charge on any atom is 0.147 e. The Kier molecular flexibility index (Phi) is 3.16. The Balaban J connectivity index is 1.89. The van der Waals surface area contributed by atoms with E-state index in [-0.39, 0.29) is 0 Å². The molecule has 2 atom stereocenters. The number of pyridine rings is 1. The van der Waals surface area contributed by atoms with Gasteiger partial charge in [-0.1, -0.05) is 23.2 Å². The molecule has 0 unspecified atom stereocenters. The zero-order valence-electron chi connectivity index (χ0n) is 9.50. The van der Waals surface area contributed by atoms with Crippen molar-refractivity contribution in [2.24, 2.45) is 0 Å². The molecule has 0 saturated carbocycles. The molecule has 0 radical (unpaired) electrons. The zero-order valence-corrected chi connectivity index (χ0v) is 11.0. The molecule has 2 aliphatic heterocycles. The van der Waals surface area contributed by atoms with Gasteiger partial charge in [0.25, 0.3) is 0 Å². The van der Waals surface area contributed by atoms with Crippen molar-refractivity contribution in [3.8, 4) is 0 Å². The van der Waals surface area contributed by atoms with Crippen LogP contribution in [-0.2, 0) is 0 Å². The van der Waals surface area contributed by atoms with Gasteiger partial charge in [-0.2, -0.15) is 0 Å². The number of rotatable bonds is 1. The Morgan fingerprint density at radius 1 is 1.35 bits per heavy atom. The minimum atomic E-state index is 0.383. The van der Waals surface area contributed by atoms with Gasteiger partial charge < -0.3 is 10.2 Å². The quantitative estimate of drug-likeness (QED) is 0.797. The second-order valence-electron chi connectivity index (χ2n) is 4.72. The van der Waals surface area contributed by atoms with Crippen LogP contribution in [0.2, 0.25) is 10.2 Å². The number of piperidine rings is 1. The van der Waals surface area contributed by atoms with Gasteiger partial charge in [0.05, 0.1) is 16.9 Å². The largest absolute Gasteiger partial charge is 0.366 e. The van der Waals surface area contributed by atoms with E-state index in [9.17, 15) is 0 Å². The van der Waals surface area contributed by atoms with Crippen molar-refractivity contribution in [1.29, 1.82) is 0 Å². The van der Waals surface area contributed by atoms with Gasteiger partial charge in [-0.15, -0.1) is 0 Å². The molecule has 3 nitrogen and oxygen atoms in total. The van der Waals surface area contributed by atoms with E-state index in [0.717, 1.165) is 18.8 Å².